The Hall–Kier alpha value is -3.49. The normalized spacial score (nSPS) is 18.9. The number of hydrogen-bond donors (Lipinski definition) is 0. The summed E-state index contributed by atoms with van der Waals surface area (Å²) in [5.41, 5.74) is 21.7. The van der Waals surface area contributed by atoms with Gasteiger partial charge in [-0.2, -0.15) is 0 Å². The molecule has 0 bridgehead atoms. The molecule has 7 rings (SSSR count). The molecule has 0 aromatic heterocycles. The number of fused-ring (bicyclic) bond motifs is 3. The van der Waals surface area contributed by atoms with E-state index in [4.69, 9.17) is 4.74 Å². The summed E-state index contributed by atoms with van der Waals surface area (Å²) in [6.45, 7) is 25.6. The molecule has 2 unspecified atom stereocenters. The van der Waals surface area contributed by atoms with Crippen LogP contribution < -0.4 is 4.74 Å². The third-order valence-corrected chi connectivity index (χ3v) is 15.9. The number of aryl methyl sites for hydroxylation is 1. The predicted molar refractivity (Wildman–Crippen MR) is 231 cm³/mol. The van der Waals surface area contributed by atoms with Crippen molar-refractivity contribution in [1.82, 2.24) is 0 Å². The van der Waals surface area contributed by atoms with Crippen LogP contribution in [-0.2, 0) is 29.1 Å². The molecule has 0 heterocycles. The van der Waals surface area contributed by atoms with Crippen molar-refractivity contribution in [2.45, 2.75) is 122 Å². The van der Waals surface area contributed by atoms with Crippen molar-refractivity contribution in [3.63, 3.8) is 0 Å². The molecule has 3 aliphatic carbocycles. The van der Waals surface area contributed by atoms with Crippen LogP contribution >= 0.6 is 10.0 Å². The molecule has 2 atom stereocenters. The van der Waals surface area contributed by atoms with Gasteiger partial charge in [-0.05, 0) is 129 Å². The highest BCUT2D eigenvalue weighted by atomic mass is 32.3. The zero-order valence-electron chi connectivity index (χ0n) is 34.5. The molecule has 0 radical (unpaired) electrons. The molecular weight excluding hydrogens is 649 g/mol. The van der Waals surface area contributed by atoms with Crippen LogP contribution in [0.15, 0.2) is 71.8 Å². The van der Waals surface area contributed by atoms with Crippen molar-refractivity contribution in [3.8, 4) is 28.0 Å². The molecule has 0 saturated heterocycles. The van der Waals surface area contributed by atoms with Gasteiger partial charge in [0.1, 0.15) is 5.75 Å². The van der Waals surface area contributed by atoms with E-state index in [1.807, 2.05) is 7.11 Å². The lowest BCUT2D eigenvalue weighted by atomic mass is 9.80. The van der Waals surface area contributed by atoms with Gasteiger partial charge in [-0.25, -0.2) is 10.0 Å². The average molecular weight is 711 g/mol. The summed E-state index contributed by atoms with van der Waals surface area (Å²) < 4.78 is 6.39. The molecule has 4 aromatic rings. The lowest BCUT2D eigenvalue weighted by Crippen LogP contribution is -2.19. The SMILES string of the molecule is COc1c(C(C)(C)C)cc2c(c1-c1ccc(C(C)(C)C)cc1)C=C(C)C2S(C)(C)C1C(C)=Cc2c1cc1c(c2-c2ccc(C(C)(C)C)cc2)CCC1. The number of rotatable bonds is 5. The summed E-state index contributed by atoms with van der Waals surface area (Å²) in [6, 6.07) is 24.0. The lowest BCUT2D eigenvalue weighted by Gasteiger charge is -2.46. The molecular formula is C50H62OS. The molecule has 2 heteroatoms. The predicted octanol–water partition coefficient (Wildman–Crippen LogP) is 14.1. The second-order valence-corrected chi connectivity index (χ2v) is 23.4. The molecule has 0 saturated carbocycles. The van der Waals surface area contributed by atoms with E-state index in [0.717, 1.165) is 5.75 Å². The minimum absolute atomic E-state index is 0.0746. The van der Waals surface area contributed by atoms with E-state index in [2.05, 4.69) is 161 Å². The van der Waals surface area contributed by atoms with Crippen molar-refractivity contribution in [2.24, 2.45) is 0 Å². The average Bonchev–Trinajstić information content (AvgIpc) is 3.75. The van der Waals surface area contributed by atoms with Crippen LogP contribution in [-0.4, -0.2) is 19.6 Å². The molecule has 0 aliphatic heterocycles. The fourth-order valence-corrected chi connectivity index (χ4v) is 13.8. The standard InChI is InChI=1S/C50H62OS/c1-30-26-38-40(28-34-16-15-17-37(34)43(38)32-18-22-35(23-19-32)48(3,4)5)46(30)52(13,14)47-31(2)27-39-41(47)29-42(50(9,10)11)45(51-12)44(39)33-20-24-36(25-21-33)49(6,7)8/h18-29,46-47H,15-17H2,1-14H3. The molecule has 4 aromatic carbocycles. The van der Waals surface area contributed by atoms with Crippen LogP contribution in [0.25, 0.3) is 34.4 Å². The van der Waals surface area contributed by atoms with E-state index < -0.39 is 10.0 Å². The highest BCUT2D eigenvalue weighted by Crippen LogP contribution is 2.73. The highest BCUT2D eigenvalue weighted by molar-refractivity contribution is 8.33. The maximum absolute atomic E-state index is 6.39. The molecule has 0 amide bonds. The summed E-state index contributed by atoms with van der Waals surface area (Å²) in [6.07, 6.45) is 14.0. The van der Waals surface area contributed by atoms with Gasteiger partial charge < -0.3 is 4.74 Å². The summed E-state index contributed by atoms with van der Waals surface area (Å²) in [7, 11) is 0.569. The Kier molecular flexibility index (Phi) is 8.89. The third-order valence-electron chi connectivity index (χ3n) is 12.3. The van der Waals surface area contributed by atoms with Crippen molar-refractivity contribution in [3.05, 3.63) is 122 Å². The van der Waals surface area contributed by atoms with E-state index in [9.17, 15) is 0 Å². The first-order valence-electron chi connectivity index (χ1n) is 19.5. The number of ether oxygens (including phenoxy) is 1. The number of methoxy groups -OCH3 is 1. The minimum atomic E-state index is -1.29. The largest absolute Gasteiger partial charge is 0.496 e. The zero-order valence-corrected chi connectivity index (χ0v) is 35.3. The first-order chi connectivity index (χ1) is 24.2. The van der Waals surface area contributed by atoms with Crippen LogP contribution in [0.4, 0.5) is 0 Å². The van der Waals surface area contributed by atoms with E-state index in [0.29, 0.717) is 10.5 Å². The Morgan fingerprint density at radius 2 is 1.06 bits per heavy atom. The van der Waals surface area contributed by atoms with E-state index in [1.54, 1.807) is 16.7 Å². The van der Waals surface area contributed by atoms with Crippen molar-refractivity contribution in [2.75, 3.05) is 19.6 Å². The minimum Gasteiger partial charge on any atom is -0.496 e. The maximum atomic E-state index is 6.39. The Bertz CT molecular complexity index is 2120. The maximum Gasteiger partial charge on any atom is 0.131 e. The molecule has 52 heavy (non-hydrogen) atoms. The fraction of sp³-hybridized carbons (Fsp3) is 0.440. The van der Waals surface area contributed by atoms with Gasteiger partial charge in [-0.3, -0.25) is 0 Å². The van der Waals surface area contributed by atoms with E-state index in [-0.39, 0.29) is 16.2 Å². The Balaban J connectivity index is 1.40. The first-order valence-corrected chi connectivity index (χ1v) is 22.0. The van der Waals surface area contributed by atoms with Crippen LogP contribution in [0.5, 0.6) is 5.75 Å². The van der Waals surface area contributed by atoms with Crippen molar-refractivity contribution < 1.29 is 4.74 Å². The van der Waals surface area contributed by atoms with Crippen LogP contribution in [0.1, 0.15) is 143 Å². The molecule has 1 nitrogen and oxygen atoms in total. The van der Waals surface area contributed by atoms with Crippen LogP contribution in [0.2, 0.25) is 0 Å². The van der Waals surface area contributed by atoms with Gasteiger partial charge in [0.05, 0.1) is 7.11 Å². The van der Waals surface area contributed by atoms with Crippen LogP contribution in [0.3, 0.4) is 0 Å². The zero-order chi connectivity index (χ0) is 37.7. The second kappa shape index (κ2) is 12.5. The molecule has 3 aliphatic rings. The molecule has 0 spiro atoms. The molecule has 0 fully saturated rings. The lowest BCUT2D eigenvalue weighted by molar-refractivity contribution is 0.399. The number of benzene rings is 4. The Morgan fingerprint density at radius 3 is 1.52 bits per heavy atom. The van der Waals surface area contributed by atoms with Gasteiger partial charge >= 0.3 is 0 Å². The quantitative estimate of drug-likeness (QED) is 0.200. The van der Waals surface area contributed by atoms with E-state index in [1.165, 1.54) is 86.0 Å². The monoisotopic (exact) mass is 710 g/mol. The molecule has 274 valence electrons. The molecule has 0 N–H and O–H groups in total. The van der Waals surface area contributed by atoms with Gasteiger partial charge in [0.25, 0.3) is 0 Å². The van der Waals surface area contributed by atoms with Gasteiger partial charge in [-0.1, -0.05) is 140 Å². The summed E-state index contributed by atoms with van der Waals surface area (Å²) in [5, 5.41) is 0.749. The summed E-state index contributed by atoms with van der Waals surface area (Å²) in [5.74, 6) is 1.02. The third kappa shape index (κ3) is 6.02. The van der Waals surface area contributed by atoms with Gasteiger partial charge in [0.2, 0.25) is 0 Å². The van der Waals surface area contributed by atoms with Gasteiger partial charge in [0, 0.05) is 21.6 Å². The summed E-state index contributed by atoms with van der Waals surface area (Å²) in [4.78, 5) is 0. The second-order valence-electron chi connectivity index (χ2n) is 19.5. The Labute approximate surface area is 317 Å². The van der Waals surface area contributed by atoms with E-state index >= 15 is 0 Å². The summed E-state index contributed by atoms with van der Waals surface area (Å²) >= 11 is 0. The topological polar surface area (TPSA) is 9.23 Å². The Morgan fingerprint density at radius 1 is 0.596 bits per heavy atom. The van der Waals surface area contributed by atoms with Crippen LogP contribution in [0, 0.1) is 0 Å². The van der Waals surface area contributed by atoms with Gasteiger partial charge in [0.15, 0.2) is 0 Å². The first kappa shape index (κ1) is 36.9. The van der Waals surface area contributed by atoms with Crippen molar-refractivity contribution >= 4 is 22.2 Å². The number of hydrogen-bond acceptors (Lipinski definition) is 1. The van der Waals surface area contributed by atoms with Crippen molar-refractivity contribution in [1.29, 1.82) is 0 Å². The smallest absolute Gasteiger partial charge is 0.131 e. The highest BCUT2D eigenvalue weighted by Gasteiger charge is 2.44. The fourth-order valence-electron chi connectivity index (χ4n) is 9.73. The van der Waals surface area contributed by atoms with Gasteiger partial charge in [-0.15, -0.1) is 0 Å².